The van der Waals surface area contributed by atoms with E-state index < -0.39 is 23.7 Å². The normalized spacial score (nSPS) is 12.3. The summed E-state index contributed by atoms with van der Waals surface area (Å²) in [4.78, 5) is 24.3. The number of hydrogen-bond donors (Lipinski definition) is 2. The summed E-state index contributed by atoms with van der Waals surface area (Å²) in [5, 5.41) is 17.4. The fourth-order valence-electron chi connectivity index (χ4n) is 4.05. The van der Waals surface area contributed by atoms with E-state index in [0.29, 0.717) is 22.6 Å². The number of carbonyl (C=O) groups is 1. The Labute approximate surface area is 208 Å². The summed E-state index contributed by atoms with van der Waals surface area (Å²) < 4.78 is 40.7. The number of alkyl halides is 3. The van der Waals surface area contributed by atoms with E-state index in [4.69, 9.17) is 0 Å². The molecule has 0 bridgehead atoms. The van der Waals surface area contributed by atoms with Crippen LogP contribution in [0.15, 0.2) is 79.5 Å². The second kappa shape index (κ2) is 9.58. The molecule has 1 amide bonds. The fraction of sp³-hybridized carbons (Fsp3) is 0.115. The number of halogens is 3. The van der Waals surface area contributed by atoms with Crippen molar-refractivity contribution in [2.45, 2.75) is 18.6 Å². The highest BCUT2D eigenvalue weighted by Gasteiger charge is 2.31. The molecule has 0 aliphatic carbocycles. The highest BCUT2D eigenvalue weighted by molar-refractivity contribution is 6.04. The lowest BCUT2D eigenvalue weighted by Gasteiger charge is -2.16. The van der Waals surface area contributed by atoms with Crippen LogP contribution in [-0.2, 0) is 6.18 Å². The van der Waals surface area contributed by atoms with Crippen molar-refractivity contribution in [2.75, 3.05) is 5.32 Å². The predicted octanol–water partition coefficient (Wildman–Crippen LogP) is 5.60. The van der Waals surface area contributed by atoms with Crippen LogP contribution in [0.5, 0.6) is 0 Å². The van der Waals surface area contributed by atoms with Crippen molar-refractivity contribution in [1.82, 2.24) is 24.7 Å². The number of benzene rings is 2. The number of fused-ring (bicyclic) bond motifs is 1. The Hall–Kier alpha value is -4.98. The van der Waals surface area contributed by atoms with Crippen molar-refractivity contribution in [2.24, 2.45) is 0 Å². The second-order valence-electron chi connectivity index (χ2n) is 8.21. The quantitative estimate of drug-likeness (QED) is 0.315. The van der Waals surface area contributed by atoms with Gasteiger partial charge in [0, 0.05) is 34.6 Å². The van der Waals surface area contributed by atoms with E-state index in [-0.39, 0.29) is 12.0 Å². The molecule has 0 spiro atoms. The van der Waals surface area contributed by atoms with Crippen LogP contribution in [-0.4, -0.2) is 30.6 Å². The van der Waals surface area contributed by atoms with Gasteiger partial charge < -0.3 is 10.3 Å². The Morgan fingerprint density at radius 1 is 1.14 bits per heavy atom. The standard InChI is InChI=1S/C26H18F3N7O/c27-26(28,29)19-5-1-4-17(11-19)25(37)35-20-6-2-3-16(12-20)22(7-9-30)36-14-18(13-34-36)23-21-8-10-31-24(21)33-15-32-23/h1-6,8,10-15,22H,7H2,(H,35,37)(H,31,32,33). The Bertz CT molecular complexity index is 1630. The van der Waals surface area contributed by atoms with Crippen LogP contribution in [0, 0.1) is 11.3 Å². The number of nitriles is 1. The summed E-state index contributed by atoms with van der Waals surface area (Å²) in [6.45, 7) is 0. The highest BCUT2D eigenvalue weighted by Crippen LogP contribution is 2.31. The maximum atomic E-state index is 13.0. The van der Waals surface area contributed by atoms with Crippen LogP contribution in [0.1, 0.15) is 33.9 Å². The minimum Gasteiger partial charge on any atom is -0.346 e. The van der Waals surface area contributed by atoms with Gasteiger partial charge in [-0.2, -0.15) is 23.5 Å². The monoisotopic (exact) mass is 501 g/mol. The van der Waals surface area contributed by atoms with E-state index in [1.807, 2.05) is 6.07 Å². The first kappa shape index (κ1) is 23.7. The molecule has 3 heterocycles. The third-order valence-electron chi connectivity index (χ3n) is 5.81. The summed E-state index contributed by atoms with van der Waals surface area (Å²) >= 11 is 0. The summed E-state index contributed by atoms with van der Waals surface area (Å²) in [6.07, 6.45) is 2.19. The third-order valence-corrected chi connectivity index (χ3v) is 5.81. The number of rotatable bonds is 6. The molecule has 37 heavy (non-hydrogen) atoms. The average molecular weight is 501 g/mol. The van der Waals surface area contributed by atoms with E-state index in [1.165, 1.54) is 18.5 Å². The summed E-state index contributed by atoms with van der Waals surface area (Å²) in [6, 6.07) is 14.5. The second-order valence-corrected chi connectivity index (χ2v) is 8.21. The topological polar surface area (TPSA) is 112 Å². The van der Waals surface area contributed by atoms with Crippen LogP contribution in [0.25, 0.3) is 22.3 Å². The number of hydrogen-bond acceptors (Lipinski definition) is 5. The first-order valence-corrected chi connectivity index (χ1v) is 11.1. The number of carbonyl (C=O) groups excluding carboxylic acids is 1. The van der Waals surface area contributed by atoms with Gasteiger partial charge in [0.1, 0.15) is 12.0 Å². The first-order chi connectivity index (χ1) is 17.8. The molecule has 0 aliphatic rings. The van der Waals surface area contributed by atoms with Crippen molar-refractivity contribution in [3.63, 3.8) is 0 Å². The number of aromatic amines is 1. The molecule has 1 atom stereocenters. The van der Waals surface area contributed by atoms with Gasteiger partial charge in [-0.3, -0.25) is 9.48 Å². The average Bonchev–Trinajstić information content (AvgIpc) is 3.57. The van der Waals surface area contributed by atoms with Crippen molar-refractivity contribution in [3.8, 4) is 17.3 Å². The minimum absolute atomic E-state index is 0.0927. The lowest BCUT2D eigenvalue weighted by Crippen LogP contribution is -2.15. The zero-order valence-electron chi connectivity index (χ0n) is 19.1. The molecule has 0 saturated carbocycles. The molecule has 5 aromatic rings. The van der Waals surface area contributed by atoms with Gasteiger partial charge in [0.15, 0.2) is 0 Å². The maximum absolute atomic E-state index is 13.0. The van der Waals surface area contributed by atoms with Crippen LogP contribution >= 0.6 is 0 Å². The molecular formula is C26H18F3N7O. The van der Waals surface area contributed by atoms with Gasteiger partial charge >= 0.3 is 6.18 Å². The van der Waals surface area contributed by atoms with E-state index in [1.54, 1.807) is 47.5 Å². The van der Waals surface area contributed by atoms with E-state index in [9.17, 15) is 23.2 Å². The lowest BCUT2D eigenvalue weighted by molar-refractivity contribution is -0.137. The smallest absolute Gasteiger partial charge is 0.346 e. The molecule has 184 valence electrons. The fourth-order valence-corrected chi connectivity index (χ4v) is 4.05. The van der Waals surface area contributed by atoms with Gasteiger partial charge in [0.25, 0.3) is 5.91 Å². The molecular weight excluding hydrogens is 483 g/mol. The molecule has 0 radical (unpaired) electrons. The Balaban J connectivity index is 1.41. The lowest BCUT2D eigenvalue weighted by atomic mass is 10.0. The highest BCUT2D eigenvalue weighted by atomic mass is 19.4. The molecule has 0 saturated heterocycles. The maximum Gasteiger partial charge on any atom is 0.416 e. The van der Waals surface area contributed by atoms with Crippen LogP contribution in [0.4, 0.5) is 18.9 Å². The molecule has 5 rings (SSSR count). The van der Waals surface area contributed by atoms with Crippen LogP contribution in [0.2, 0.25) is 0 Å². The van der Waals surface area contributed by atoms with Gasteiger partial charge in [-0.1, -0.05) is 18.2 Å². The van der Waals surface area contributed by atoms with E-state index in [2.05, 4.69) is 31.4 Å². The van der Waals surface area contributed by atoms with Gasteiger partial charge in [0.05, 0.1) is 36.0 Å². The molecule has 2 aromatic carbocycles. The third kappa shape index (κ3) is 4.90. The minimum atomic E-state index is -4.55. The zero-order valence-corrected chi connectivity index (χ0v) is 19.1. The summed E-state index contributed by atoms with van der Waals surface area (Å²) in [7, 11) is 0. The van der Waals surface area contributed by atoms with Gasteiger partial charge in [-0.05, 0) is 42.0 Å². The first-order valence-electron chi connectivity index (χ1n) is 11.1. The van der Waals surface area contributed by atoms with Crippen molar-refractivity contribution in [3.05, 3.63) is 96.2 Å². The zero-order chi connectivity index (χ0) is 26.0. The van der Waals surface area contributed by atoms with Crippen LogP contribution < -0.4 is 5.32 Å². The van der Waals surface area contributed by atoms with Crippen molar-refractivity contribution < 1.29 is 18.0 Å². The van der Waals surface area contributed by atoms with E-state index >= 15 is 0 Å². The Kier molecular flexibility index (Phi) is 6.15. The summed E-state index contributed by atoms with van der Waals surface area (Å²) in [5.41, 5.74) is 2.16. The number of nitrogens with one attached hydrogen (secondary N) is 2. The molecule has 8 nitrogen and oxygen atoms in total. The summed E-state index contributed by atoms with van der Waals surface area (Å²) in [5.74, 6) is -0.680. The van der Waals surface area contributed by atoms with Gasteiger partial charge in [0.2, 0.25) is 0 Å². The molecule has 1 unspecified atom stereocenters. The number of anilines is 1. The molecule has 11 heteroatoms. The van der Waals surface area contributed by atoms with E-state index in [0.717, 1.165) is 23.1 Å². The number of aromatic nitrogens is 5. The van der Waals surface area contributed by atoms with Crippen molar-refractivity contribution >= 4 is 22.6 Å². The number of H-pyrrole nitrogens is 1. The number of nitrogens with zero attached hydrogens (tertiary/aromatic N) is 5. The number of amides is 1. The largest absolute Gasteiger partial charge is 0.416 e. The molecule has 0 aliphatic heterocycles. The molecule has 3 aromatic heterocycles. The predicted molar refractivity (Wildman–Crippen MR) is 129 cm³/mol. The SMILES string of the molecule is N#CCC(c1cccc(NC(=O)c2cccc(C(F)(F)F)c2)c1)n1cc(-c2ncnc3[nH]ccc23)cn1. The van der Waals surface area contributed by atoms with Gasteiger partial charge in [-0.15, -0.1) is 0 Å². The molecule has 2 N–H and O–H groups in total. The van der Waals surface area contributed by atoms with Crippen molar-refractivity contribution in [1.29, 1.82) is 5.26 Å². The Morgan fingerprint density at radius 2 is 1.97 bits per heavy atom. The van der Waals surface area contributed by atoms with Gasteiger partial charge in [-0.25, -0.2) is 9.97 Å². The van der Waals surface area contributed by atoms with Crippen LogP contribution in [0.3, 0.4) is 0 Å². The molecule has 0 fully saturated rings. The Morgan fingerprint density at radius 3 is 2.78 bits per heavy atom.